The molecule has 0 radical (unpaired) electrons. The van der Waals surface area contributed by atoms with Crippen molar-refractivity contribution in [1.29, 1.82) is 0 Å². The second-order valence-electron chi connectivity index (χ2n) is 6.89. The molecule has 0 atom stereocenters. The molecule has 1 aliphatic heterocycles. The van der Waals surface area contributed by atoms with E-state index < -0.39 is 0 Å². The SMILES string of the molecule is OC1CC(c2cc(NC3CCN(c4ccccc4)CC3)ncn2)C1. The van der Waals surface area contributed by atoms with Crippen LogP contribution in [0.2, 0.25) is 0 Å². The molecule has 2 heterocycles. The largest absolute Gasteiger partial charge is 0.393 e. The van der Waals surface area contributed by atoms with E-state index in [1.165, 1.54) is 5.69 Å². The molecule has 4 rings (SSSR count). The Kier molecular flexibility index (Phi) is 4.34. The highest BCUT2D eigenvalue weighted by atomic mass is 16.3. The van der Waals surface area contributed by atoms with Crippen LogP contribution >= 0.6 is 0 Å². The van der Waals surface area contributed by atoms with Crippen LogP contribution in [0.3, 0.4) is 0 Å². The number of nitrogens with one attached hydrogen (secondary N) is 1. The topological polar surface area (TPSA) is 61.3 Å². The standard InChI is InChI=1S/C19H24N4O/c24-17-10-14(11-17)18-12-19(21-13-20-18)22-15-6-8-23(9-7-15)16-4-2-1-3-5-16/h1-5,12-15,17,24H,6-11H2,(H,20,21,22). The highest BCUT2D eigenvalue weighted by Gasteiger charge is 2.30. The van der Waals surface area contributed by atoms with Gasteiger partial charge in [0.1, 0.15) is 12.1 Å². The van der Waals surface area contributed by atoms with Crippen molar-refractivity contribution in [3.05, 3.63) is 48.4 Å². The van der Waals surface area contributed by atoms with Crippen molar-refractivity contribution in [2.75, 3.05) is 23.3 Å². The summed E-state index contributed by atoms with van der Waals surface area (Å²) in [6.07, 6.45) is 5.36. The molecule has 0 amide bonds. The van der Waals surface area contributed by atoms with Gasteiger partial charge in [0.2, 0.25) is 0 Å². The van der Waals surface area contributed by atoms with Crippen LogP contribution in [0.1, 0.15) is 37.3 Å². The number of rotatable bonds is 4. The monoisotopic (exact) mass is 324 g/mol. The lowest BCUT2D eigenvalue weighted by atomic mass is 9.80. The summed E-state index contributed by atoms with van der Waals surface area (Å²) in [6, 6.07) is 13.1. The molecule has 1 saturated carbocycles. The van der Waals surface area contributed by atoms with E-state index in [4.69, 9.17) is 0 Å². The van der Waals surface area contributed by atoms with Crippen LogP contribution in [0.5, 0.6) is 0 Å². The van der Waals surface area contributed by atoms with Gasteiger partial charge in [0.25, 0.3) is 0 Å². The minimum Gasteiger partial charge on any atom is -0.393 e. The average Bonchev–Trinajstić information content (AvgIpc) is 2.61. The summed E-state index contributed by atoms with van der Waals surface area (Å²) in [5.74, 6) is 1.31. The molecule has 2 N–H and O–H groups in total. The van der Waals surface area contributed by atoms with Gasteiger partial charge in [0.05, 0.1) is 6.10 Å². The summed E-state index contributed by atoms with van der Waals surface area (Å²) in [7, 11) is 0. The highest BCUT2D eigenvalue weighted by Crippen LogP contribution is 2.36. The number of hydrogen-bond acceptors (Lipinski definition) is 5. The Labute approximate surface area is 142 Å². The lowest BCUT2D eigenvalue weighted by molar-refractivity contribution is 0.0732. The third-order valence-electron chi connectivity index (χ3n) is 5.19. The molecule has 1 saturated heterocycles. The van der Waals surface area contributed by atoms with Gasteiger partial charge in [0.15, 0.2) is 0 Å². The van der Waals surface area contributed by atoms with Crippen LogP contribution in [0.25, 0.3) is 0 Å². The van der Waals surface area contributed by atoms with Gasteiger partial charge >= 0.3 is 0 Å². The molecule has 0 bridgehead atoms. The first kappa shape index (κ1) is 15.4. The zero-order valence-electron chi connectivity index (χ0n) is 13.8. The lowest BCUT2D eigenvalue weighted by Crippen LogP contribution is -2.39. The summed E-state index contributed by atoms with van der Waals surface area (Å²) in [6.45, 7) is 2.13. The zero-order chi connectivity index (χ0) is 16.4. The van der Waals surface area contributed by atoms with Crippen LogP contribution in [0, 0.1) is 0 Å². The molecule has 0 spiro atoms. The maximum Gasteiger partial charge on any atom is 0.129 e. The van der Waals surface area contributed by atoms with Crippen molar-refractivity contribution >= 4 is 11.5 Å². The number of anilines is 2. The number of aliphatic hydroxyl groups excluding tert-OH is 1. The Hall–Kier alpha value is -2.14. The van der Waals surface area contributed by atoms with Gasteiger partial charge in [-0.05, 0) is 37.8 Å². The number of hydrogen-bond donors (Lipinski definition) is 2. The fraction of sp³-hybridized carbons (Fsp3) is 0.474. The Morgan fingerprint density at radius 3 is 2.50 bits per heavy atom. The molecule has 2 aliphatic rings. The molecule has 1 aromatic carbocycles. The summed E-state index contributed by atoms with van der Waals surface area (Å²) in [4.78, 5) is 11.2. The summed E-state index contributed by atoms with van der Waals surface area (Å²) in [5.41, 5.74) is 2.36. The number of nitrogens with zero attached hydrogens (tertiary/aromatic N) is 3. The third-order valence-corrected chi connectivity index (χ3v) is 5.19. The number of para-hydroxylation sites is 1. The summed E-state index contributed by atoms with van der Waals surface area (Å²) < 4.78 is 0. The first-order chi connectivity index (χ1) is 11.8. The molecule has 2 aromatic rings. The number of aromatic nitrogens is 2. The summed E-state index contributed by atoms with van der Waals surface area (Å²) >= 11 is 0. The van der Waals surface area contributed by atoms with Crippen LogP contribution < -0.4 is 10.2 Å². The van der Waals surface area contributed by atoms with Crippen molar-refractivity contribution < 1.29 is 5.11 Å². The van der Waals surface area contributed by atoms with Crippen molar-refractivity contribution in [3.8, 4) is 0 Å². The molecule has 1 aromatic heterocycles. The van der Waals surface area contributed by atoms with Gasteiger partial charge in [-0.2, -0.15) is 0 Å². The van der Waals surface area contributed by atoms with Crippen LogP contribution in [-0.4, -0.2) is 40.3 Å². The predicted molar refractivity (Wildman–Crippen MR) is 95.3 cm³/mol. The number of benzene rings is 1. The van der Waals surface area contributed by atoms with Gasteiger partial charge in [-0.15, -0.1) is 0 Å². The fourth-order valence-corrected chi connectivity index (χ4v) is 3.63. The van der Waals surface area contributed by atoms with Crippen molar-refractivity contribution in [2.24, 2.45) is 0 Å². The van der Waals surface area contributed by atoms with E-state index in [1.54, 1.807) is 6.33 Å². The van der Waals surface area contributed by atoms with E-state index in [1.807, 2.05) is 0 Å². The maximum atomic E-state index is 9.47. The highest BCUT2D eigenvalue weighted by molar-refractivity contribution is 5.47. The first-order valence-corrected chi connectivity index (χ1v) is 8.84. The fourth-order valence-electron chi connectivity index (χ4n) is 3.63. The smallest absolute Gasteiger partial charge is 0.129 e. The van der Waals surface area contributed by atoms with Gasteiger partial charge in [0, 0.05) is 42.5 Å². The van der Waals surface area contributed by atoms with E-state index in [-0.39, 0.29) is 6.10 Å². The van der Waals surface area contributed by atoms with Gasteiger partial charge in [-0.1, -0.05) is 18.2 Å². The van der Waals surface area contributed by atoms with Crippen molar-refractivity contribution in [1.82, 2.24) is 9.97 Å². The van der Waals surface area contributed by atoms with Crippen molar-refractivity contribution in [2.45, 2.75) is 43.7 Å². The predicted octanol–water partition coefficient (Wildman–Crippen LogP) is 2.80. The van der Waals surface area contributed by atoms with E-state index in [0.29, 0.717) is 12.0 Å². The molecule has 0 unspecified atom stereocenters. The molecule has 24 heavy (non-hydrogen) atoms. The molecule has 126 valence electrons. The number of aliphatic hydroxyl groups is 1. The van der Waals surface area contributed by atoms with E-state index in [0.717, 1.165) is 50.3 Å². The third kappa shape index (κ3) is 3.36. The van der Waals surface area contributed by atoms with Crippen LogP contribution in [0.15, 0.2) is 42.7 Å². The second-order valence-corrected chi connectivity index (χ2v) is 6.89. The first-order valence-electron chi connectivity index (χ1n) is 8.84. The molecular formula is C19H24N4O. The van der Waals surface area contributed by atoms with Crippen molar-refractivity contribution in [3.63, 3.8) is 0 Å². The zero-order valence-corrected chi connectivity index (χ0v) is 13.8. The number of piperidine rings is 1. The molecule has 2 fully saturated rings. The quantitative estimate of drug-likeness (QED) is 0.905. The molecule has 1 aliphatic carbocycles. The maximum absolute atomic E-state index is 9.47. The Bertz CT molecular complexity index is 664. The van der Waals surface area contributed by atoms with E-state index >= 15 is 0 Å². The van der Waals surface area contributed by atoms with Gasteiger partial charge < -0.3 is 15.3 Å². The Morgan fingerprint density at radius 1 is 1.04 bits per heavy atom. The van der Waals surface area contributed by atoms with Gasteiger partial charge in [-0.3, -0.25) is 0 Å². The molecule has 5 heteroatoms. The Balaban J connectivity index is 1.33. The van der Waals surface area contributed by atoms with Gasteiger partial charge in [-0.25, -0.2) is 9.97 Å². The van der Waals surface area contributed by atoms with Crippen LogP contribution in [-0.2, 0) is 0 Å². The normalized spacial score (nSPS) is 24.5. The molecule has 5 nitrogen and oxygen atoms in total. The second kappa shape index (κ2) is 6.77. The minimum absolute atomic E-state index is 0.149. The average molecular weight is 324 g/mol. The minimum atomic E-state index is -0.149. The summed E-state index contributed by atoms with van der Waals surface area (Å²) in [5, 5.41) is 13.0. The Morgan fingerprint density at radius 2 is 1.79 bits per heavy atom. The van der Waals surface area contributed by atoms with E-state index in [9.17, 15) is 5.11 Å². The van der Waals surface area contributed by atoms with E-state index in [2.05, 4.69) is 56.6 Å². The lowest BCUT2D eigenvalue weighted by Gasteiger charge is -2.34. The van der Waals surface area contributed by atoms with Crippen LogP contribution in [0.4, 0.5) is 11.5 Å². The molecular weight excluding hydrogens is 300 g/mol.